The van der Waals surface area contributed by atoms with Crippen molar-refractivity contribution in [2.45, 2.75) is 18.4 Å². The van der Waals surface area contributed by atoms with Crippen LogP contribution in [-0.2, 0) is 0 Å². The molecule has 1 aliphatic heterocycles. The molecule has 0 fully saturated rings. The van der Waals surface area contributed by atoms with E-state index < -0.39 is 4.92 Å². The average molecular weight is 403 g/mol. The van der Waals surface area contributed by atoms with Crippen LogP contribution in [0.4, 0.5) is 11.4 Å². The zero-order valence-corrected chi connectivity index (χ0v) is 14.6. The summed E-state index contributed by atoms with van der Waals surface area (Å²) in [4.78, 5) is 11.0. The van der Waals surface area contributed by atoms with Crippen LogP contribution in [0.3, 0.4) is 0 Å². The zero-order valence-electron chi connectivity index (χ0n) is 13.0. The van der Waals surface area contributed by atoms with Gasteiger partial charge in [-0.1, -0.05) is 28.1 Å². The van der Waals surface area contributed by atoms with Gasteiger partial charge < -0.3 is 15.5 Å². The third-order valence-electron chi connectivity index (χ3n) is 5.00. The fourth-order valence-electron chi connectivity index (χ4n) is 3.92. The van der Waals surface area contributed by atoms with Crippen LogP contribution in [0.15, 0.2) is 47.0 Å². The molecule has 0 amide bonds. The Balaban J connectivity index is 1.90. The molecule has 3 unspecified atom stereocenters. The number of rotatable bonds is 2. The molecule has 0 spiro atoms. The Morgan fingerprint density at radius 2 is 1.96 bits per heavy atom. The van der Waals surface area contributed by atoms with Gasteiger partial charge in [0.15, 0.2) is 0 Å². The largest absolute Gasteiger partial charge is 0.508 e. The second-order valence-corrected chi connectivity index (χ2v) is 7.24. The van der Waals surface area contributed by atoms with Crippen molar-refractivity contribution in [2.75, 3.05) is 5.32 Å². The second-order valence-electron chi connectivity index (χ2n) is 6.33. The van der Waals surface area contributed by atoms with Crippen molar-refractivity contribution >= 4 is 27.3 Å². The normalized spacial score (nSPS) is 23.6. The highest BCUT2D eigenvalue weighted by molar-refractivity contribution is 9.10. The highest BCUT2D eigenvalue weighted by Crippen LogP contribution is 2.55. The fourth-order valence-corrected chi connectivity index (χ4v) is 4.29. The number of nitro groups is 1. The highest BCUT2D eigenvalue weighted by atomic mass is 79.9. The van der Waals surface area contributed by atoms with Gasteiger partial charge in [0.25, 0.3) is 5.69 Å². The van der Waals surface area contributed by atoms with E-state index in [-0.39, 0.29) is 35.1 Å². The molecule has 0 bridgehead atoms. The number of fused-ring (bicyclic) bond motifs is 3. The number of aromatic hydroxyl groups is 2. The summed E-state index contributed by atoms with van der Waals surface area (Å²) in [6.07, 6.45) is 4.70. The van der Waals surface area contributed by atoms with Crippen LogP contribution in [0.25, 0.3) is 0 Å². The van der Waals surface area contributed by atoms with Gasteiger partial charge in [0.05, 0.1) is 22.2 Å². The van der Waals surface area contributed by atoms with Crippen molar-refractivity contribution < 1.29 is 15.1 Å². The van der Waals surface area contributed by atoms with Crippen molar-refractivity contribution in [3.05, 3.63) is 68.2 Å². The van der Waals surface area contributed by atoms with E-state index in [0.717, 1.165) is 10.9 Å². The van der Waals surface area contributed by atoms with Gasteiger partial charge in [-0.2, -0.15) is 0 Å². The number of allylic oxidation sites excluding steroid dienone is 2. The number of anilines is 1. The van der Waals surface area contributed by atoms with Crippen molar-refractivity contribution in [3.8, 4) is 11.5 Å². The summed E-state index contributed by atoms with van der Waals surface area (Å²) in [6.45, 7) is 0. The molecule has 0 saturated carbocycles. The van der Waals surface area contributed by atoms with Crippen molar-refractivity contribution in [1.29, 1.82) is 0 Å². The predicted molar refractivity (Wildman–Crippen MR) is 96.9 cm³/mol. The highest BCUT2D eigenvalue weighted by Gasteiger charge is 2.43. The number of halogens is 1. The fraction of sp³-hybridized carbons (Fsp3) is 0.222. The van der Waals surface area contributed by atoms with Crippen LogP contribution < -0.4 is 5.32 Å². The Kier molecular flexibility index (Phi) is 3.68. The quantitative estimate of drug-likeness (QED) is 0.295. The van der Waals surface area contributed by atoms with Gasteiger partial charge in [-0.3, -0.25) is 10.1 Å². The Labute approximate surface area is 152 Å². The SMILES string of the molecule is O=[N+]([O-])c1ccc(O)c2c1C1C=CCC1C(c1cc(Br)ccc1O)N2. The topological polar surface area (TPSA) is 95.6 Å². The molecule has 128 valence electrons. The Bertz CT molecular complexity index is 912. The minimum Gasteiger partial charge on any atom is -0.508 e. The number of nitro benzene ring substituents is 1. The zero-order chi connectivity index (χ0) is 17.7. The molecule has 2 aromatic carbocycles. The first-order chi connectivity index (χ1) is 12.0. The summed E-state index contributed by atoms with van der Waals surface area (Å²) >= 11 is 3.42. The molecule has 2 aliphatic rings. The lowest BCUT2D eigenvalue weighted by molar-refractivity contribution is -0.385. The van der Waals surface area contributed by atoms with E-state index in [4.69, 9.17) is 0 Å². The molecular weight excluding hydrogens is 388 g/mol. The van der Waals surface area contributed by atoms with Gasteiger partial charge in [0.2, 0.25) is 0 Å². The van der Waals surface area contributed by atoms with E-state index in [1.165, 1.54) is 12.1 Å². The number of phenols is 2. The third kappa shape index (κ3) is 2.46. The standard InChI is InChI=1S/C18H15BrN2O4/c19-9-4-6-14(22)12(8-9)17-11-3-1-2-10(11)16-13(21(24)25)5-7-15(23)18(16)20-17/h1-2,4-8,10-11,17,20,22-23H,3H2. The minimum absolute atomic E-state index is 0.00114. The molecule has 1 heterocycles. The van der Waals surface area contributed by atoms with Gasteiger partial charge >= 0.3 is 0 Å². The van der Waals surface area contributed by atoms with Gasteiger partial charge in [-0.05, 0) is 36.6 Å². The number of nitrogens with one attached hydrogen (secondary N) is 1. The summed E-state index contributed by atoms with van der Waals surface area (Å²) in [5.41, 5.74) is 1.57. The van der Waals surface area contributed by atoms with E-state index in [2.05, 4.69) is 21.2 Å². The molecule has 3 atom stereocenters. The van der Waals surface area contributed by atoms with Gasteiger partial charge in [-0.15, -0.1) is 0 Å². The first-order valence-electron chi connectivity index (χ1n) is 7.89. The molecule has 3 N–H and O–H groups in total. The van der Waals surface area contributed by atoms with Crippen LogP contribution in [0, 0.1) is 16.0 Å². The van der Waals surface area contributed by atoms with Crippen molar-refractivity contribution in [2.24, 2.45) is 5.92 Å². The predicted octanol–water partition coefficient (Wildman–Crippen LogP) is 4.60. The number of hydrogen-bond donors (Lipinski definition) is 3. The van der Waals surface area contributed by atoms with Crippen LogP contribution in [0.5, 0.6) is 11.5 Å². The number of hydrogen-bond acceptors (Lipinski definition) is 5. The lowest BCUT2D eigenvalue weighted by Gasteiger charge is -2.37. The lowest BCUT2D eigenvalue weighted by Crippen LogP contribution is -2.29. The maximum Gasteiger partial charge on any atom is 0.275 e. The number of phenolic OH excluding ortho intramolecular Hbond substituents is 2. The van der Waals surface area contributed by atoms with Gasteiger partial charge in [0.1, 0.15) is 11.5 Å². The van der Waals surface area contributed by atoms with Gasteiger partial charge in [0, 0.05) is 22.0 Å². The lowest BCUT2D eigenvalue weighted by atomic mass is 9.76. The minimum atomic E-state index is -0.417. The van der Waals surface area contributed by atoms with E-state index >= 15 is 0 Å². The van der Waals surface area contributed by atoms with E-state index in [1.54, 1.807) is 12.1 Å². The summed E-state index contributed by atoms with van der Waals surface area (Å²) in [5.74, 6) is -0.0427. The molecule has 2 aromatic rings. The summed E-state index contributed by atoms with van der Waals surface area (Å²) in [5, 5.41) is 35.3. The molecule has 0 saturated heterocycles. The van der Waals surface area contributed by atoms with E-state index in [1.807, 2.05) is 18.2 Å². The number of benzene rings is 2. The van der Waals surface area contributed by atoms with E-state index in [0.29, 0.717) is 16.8 Å². The van der Waals surface area contributed by atoms with Crippen LogP contribution in [0.1, 0.15) is 29.5 Å². The molecule has 1 aliphatic carbocycles. The van der Waals surface area contributed by atoms with Crippen molar-refractivity contribution in [1.82, 2.24) is 0 Å². The third-order valence-corrected chi connectivity index (χ3v) is 5.49. The molecule has 25 heavy (non-hydrogen) atoms. The molecule has 4 rings (SSSR count). The van der Waals surface area contributed by atoms with Crippen LogP contribution >= 0.6 is 15.9 Å². The smallest absolute Gasteiger partial charge is 0.275 e. The Hall–Kier alpha value is -2.54. The molecule has 0 radical (unpaired) electrons. The molecule has 7 heteroatoms. The van der Waals surface area contributed by atoms with Crippen molar-refractivity contribution in [3.63, 3.8) is 0 Å². The average Bonchev–Trinajstić information content (AvgIpc) is 3.06. The maximum atomic E-state index is 11.4. The summed E-state index contributed by atoms with van der Waals surface area (Å²) < 4.78 is 0.832. The van der Waals surface area contributed by atoms with E-state index in [9.17, 15) is 20.3 Å². The first kappa shape index (κ1) is 16.0. The summed E-state index contributed by atoms with van der Waals surface area (Å²) in [6, 6.07) is 7.61. The maximum absolute atomic E-state index is 11.4. The number of nitrogens with zero attached hydrogens (tertiary/aromatic N) is 1. The summed E-state index contributed by atoms with van der Waals surface area (Å²) in [7, 11) is 0. The second kappa shape index (κ2) is 5.77. The van der Waals surface area contributed by atoms with Gasteiger partial charge in [-0.25, -0.2) is 0 Å². The van der Waals surface area contributed by atoms with Crippen LogP contribution in [0.2, 0.25) is 0 Å². The first-order valence-corrected chi connectivity index (χ1v) is 8.68. The molecular formula is C18H15BrN2O4. The molecule has 0 aromatic heterocycles. The monoisotopic (exact) mass is 402 g/mol. The molecule has 6 nitrogen and oxygen atoms in total. The van der Waals surface area contributed by atoms with Crippen LogP contribution in [-0.4, -0.2) is 15.1 Å². The Morgan fingerprint density at radius 3 is 2.72 bits per heavy atom. The Morgan fingerprint density at radius 1 is 1.20 bits per heavy atom.